The molecule has 0 aliphatic rings. The van der Waals surface area contributed by atoms with Gasteiger partial charge in [0.05, 0.1) is 28.0 Å². The molecule has 3 N–H and O–H groups in total. The second kappa shape index (κ2) is 5.82. The predicted octanol–water partition coefficient (Wildman–Crippen LogP) is 3.79. The van der Waals surface area contributed by atoms with E-state index in [0.29, 0.717) is 21.4 Å². The molecule has 1 amide bonds. The number of methoxy groups -OCH3 is 1. The molecule has 0 bridgehead atoms. The van der Waals surface area contributed by atoms with Crippen molar-refractivity contribution in [2.24, 2.45) is 0 Å². The fraction of sp³-hybridized carbons (Fsp3) is 0.0667. The van der Waals surface area contributed by atoms with Crippen LogP contribution in [0.3, 0.4) is 0 Å². The Balaban J connectivity index is 1.85. The van der Waals surface area contributed by atoms with Crippen molar-refractivity contribution in [1.29, 1.82) is 0 Å². The van der Waals surface area contributed by atoms with Gasteiger partial charge in [0.2, 0.25) is 0 Å². The van der Waals surface area contributed by atoms with Crippen LogP contribution in [0.1, 0.15) is 10.4 Å². The first-order chi connectivity index (χ1) is 10.6. The quantitative estimate of drug-likeness (QED) is 0.715. The Kier molecular flexibility index (Phi) is 3.87. The van der Waals surface area contributed by atoms with Gasteiger partial charge in [-0.3, -0.25) is 10.1 Å². The molecule has 112 valence electrons. The van der Waals surface area contributed by atoms with E-state index < -0.39 is 0 Å². The van der Waals surface area contributed by atoms with Gasteiger partial charge in [-0.05, 0) is 36.4 Å². The van der Waals surface area contributed by atoms with Gasteiger partial charge in [0.25, 0.3) is 5.91 Å². The van der Waals surface area contributed by atoms with Gasteiger partial charge in [-0.2, -0.15) is 0 Å². The predicted molar refractivity (Wildman–Crippen MR) is 90.0 cm³/mol. The minimum Gasteiger partial charge on any atom is -0.497 e. The largest absolute Gasteiger partial charge is 0.497 e. The van der Waals surface area contributed by atoms with Crippen LogP contribution in [0.4, 0.5) is 10.8 Å². The summed E-state index contributed by atoms with van der Waals surface area (Å²) in [4.78, 5) is 16.6. The van der Waals surface area contributed by atoms with Crippen molar-refractivity contribution in [1.82, 2.24) is 4.98 Å². The Morgan fingerprint density at radius 2 is 2.14 bits per heavy atom. The number of rotatable bonds is 3. The van der Waals surface area contributed by atoms with E-state index >= 15 is 0 Å². The van der Waals surface area contributed by atoms with Gasteiger partial charge in [0.1, 0.15) is 5.75 Å². The summed E-state index contributed by atoms with van der Waals surface area (Å²) < 4.78 is 6.11. The monoisotopic (exact) mass is 333 g/mol. The first-order valence-corrected chi connectivity index (χ1v) is 7.57. The average molecular weight is 334 g/mol. The van der Waals surface area contributed by atoms with Crippen LogP contribution in [0.2, 0.25) is 5.02 Å². The lowest BCUT2D eigenvalue weighted by Gasteiger charge is -2.03. The number of carbonyl (C=O) groups excluding carboxylic acids is 1. The van der Waals surface area contributed by atoms with Crippen LogP contribution in [0, 0.1) is 0 Å². The molecule has 0 atom stereocenters. The number of benzene rings is 2. The van der Waals surface area contributed by atoms with Crippen LogP contribution in [0.15, 0.2) is 36.4 Å². The molecule has 3 rings (SSSR count). The molecule has 22 heavy (non-hydrogen) atoms. The second-order valence-corrected chi connectivity index (χ2v) is 5.98. The summed E-state index contributed by atoms with van der Waals surface area (Å²) in [6, 6.07) is 10.3. The molecule has 0 unspecified atom stereocenters. The zero-order valence-corrected chi connectivity index (χ0v) is 13.2. The first-order valence-electron chi connectivity index (χ1n) is 6.38. The summed E-state index contributed by atoms with van der Waals surface area (Å²) in [6.45, 7) is 0. The van der Waals surface area contributed by atoms with Gasteiger partial charge in [0, 0.05) is 5.56 Å². The third-order valence-electron chi connectivity index (χ3n) is 3.07. The summed E-state index contributed by atoms with van der Waals surface area (Å²) in [6.07, 6.45) is 0. The molecule has 1 heterocycles. The van der Waals surface area contributed by atoms with Crippen molar-refractivity contribution in [3.05, 3.63) is 47.0 Å². The van der Waals surface area contributed by atoms with Crippen molar-refractivity contribution in [2.45, 2.75) is 0 Å². The number of anilines is 2. The van der Waals surface area contributed by atoms with Crippen molar-refractivity contribution in [3.63, 3.8) is 0 Å². The van der Waals surface area contributed by atoms with Crippen molar-refractivity contribution in [2.75, 3.05) is 18.2 Å². The Morgan fingerprint density at radius 3 is 2.86 bits per heavy atom. The SMILES string of the molecule is COc1ccc2nc(NC(=O)c3ccc(Cl)c(N)c3)sc2c1. The van der Waals surface area contributed by atoms with E-state index in [4.69, 9.17) is 22.1 Å². The van der Waals surface area contributed by atoms with Crippen molar-refractivity contribution < 1.29 is 9.53 Å². The lowest BCUT2D eigenvalue weighted by atomic mass is 10.2. The van der Waals surface area contributed by atoms with Crippen LogP contribution in [0.5, 0.6) is 5.75 Å². The number of fused-ring (bicyclic) bond motifs is 1. The maximum Gasteiger partial charge on any atom is 0.257 e. The number of carbonyl (C=O) groups is 1. The fourth-order valence-electron chi connectivity index (χ4n) is 1.94. The van der Waals surface area contributed by atoms with E-state index in [2.05, 4.69) is 10.3 Å². The van der Waals surface area contributed by atoms with Gasteiger partial charge in [-0.15, -0.1) is 0 Å². The highest BCUT2D eigenvalue weighted by atomic mass is 35.5. The topological polar surface area (TPSA) is 77.2 Å². The summed E-state index contributed by atoms with van der Waals surface area (Å²) in [7, 11) is 1.61. The van der Waals surface area contributed by atoms with E-state index in [1.807, 2.05) is 18.2 Å². The van der Waals surface area contributed by atoms with Gasteiger partial charge in [0.15, 0.2) is 5.13 Å². The molecule has 0 aliphatic heterocycles. The third kappa shape index (κ3) is 2.84. The molecular formula is C15H12ClN3O2S. The second-order valence-electron chi connectivity index (χ2n) is 4.54. The number of hydrogen-bond acceptors (Lipinski definition) is 5. The lowest BCUT2D eigenvalue weighted by molar-refractivity contribution is 0.102. The fourth-order valence-corrected chi connectivity index (χ4v) is 2.95. The zero-order chi connectivity index (χ0) is 15.7. The van der Waals surface area contributed by atoms with E-state index in [1.54, 1.807) is 19.2 Å². The lowest BCUT2D eigenvalue weighted by Crippen LogP contribution is -2.11. The minimum atomic E-state index is -0.283. The van der Waals surface area contributed by atoms with Crippen LogP contribution in [-0.2, 0) is 0 Å². The average Bonchev–Trinajstić information content (AvgIpc) is 2.90. The number of amides is 1. The zero-order valence-electron chi connectivity index (χ0n) is 11.6. The number of aromatic nitrogens is 1. The molecule has 0 saturated heterocycles. The van der Waals surface area contributed by atoms with Crippen LogP contribution >= 0.6 is 22.9 Å². The molecule has 5 nitrogen and oxygen atoms in total. The highest BCUT2D eigenvalue weighted by Crippen LogP contribution is 2.29. The highest BCUT2D eigenvalue weighted by molar-refractivity contribution is 7.22. The molecule has 0 fully saturated rings. The molecule has 1 aromatic heterocycles. The Hall–Kier alpha value is -2.31. The Labute approximate surface area is 135 Å². The van der Waals surface area contributed by atoms with E-state index in [9.17, 15) is 4.79 Å². The standard InChI is InChI=1S/C15H12ClN3O2S/c1-21-9-3-5-12-13(7-9)22-15(18-12)19-14(20)8-2-4-10(16)11(17)6-8/h2-7H,17H2,1H3,(H,18,19,20). The Morgan fingerprint density at radius 1 is 1.32 bits per heavy atom. The molecule has 3 aromatic rings. The number of nitrogens with zero attached hydrogens (tertiary/aromatic N) is 1. The highest BCUT2D eigenvalue weighted by Gasteiger charge is 2.11. The van der Waals surface area contributed by atoms with Gasteiger partial charge >= 0.3 is 0 Å². The minimum absolute atomic E-state index is 0.283. The number of nitrogens with one attached hydrogen (secondary N) is 1. The van der Waals surface area contributed by atoms with Crippen molar-refractivity contribution in [3.8, 4) is 5.75 Å². The number of halogens is 1. The van der Waals surface area contributed by atoms with E-state index in [-0.39, 0.29) is 5.91 Å². The molecule has 7 heteroatoms. The van der Waals surface area contributed by atoms with Crippen LogP contribution in [0.25, 0.3) is 10.2 Å². The molecular weight excluding hydrogens is 322 g/mol. The maximum atomic E-state index is 12.2. The van der Waals surface area contributed by atoms with Gasteiger partial charge in [-0.1, -0.05) is 22.9 Å². The number of nitrogen functional groups attached to an aromatic ring is 1. The number of ether oxygens (including phenoxy) is 1. The summed E-state index contributed by atoms with van der Waals surface area (Å²) >= 11 is 7.23. The Bertz CT molecular complexity index is 863. The van der Waals surface area contributed by atoms with Gasteiger partial charge < -0.3 is 10.5 Å². The number of nitrogens with two attached hydrogens (primary N) is 1. The van der Waals surface area contributed by atoms with Gasteiger partial charge in [-0.25, -0.2) is 4.98 Å². The molecule has 0 saturated carbocycles. The van der Waals surface area contributed by atoms with E-state index in [1.165, 1.54) is 17.4 Å². The maximum absolute atomic E-state index is 12.2. The molecule has 0 spiro atoms. The molecule has 2 aromatic carbocycles. The number of hydrogen-bond donors (Lipinski definition) is 2. The third-order valence-corrected chi connectivity index (χ3v) is 4.35. The van der Waals surface area contributed by atoms with Crippen LogP contribution in [-0.4, -0.2) is 18.0 Å². The van der Waals surface area contributed by atoms with Crippen molar-refractivity contribution >= 4 is 49.9 Å². The van der Waals surface area contributed by atoms with E-state index in [0.717, 1.165) is 16.0 Å². The summed E-state index contributed by atoms with van der Waals surface area (Å²) in [5.74, 6) is 0.467. The summed E-state index contributed by atoms with van der Waals surface area (Å²) in [5, 5.41) is 3.70. The summed E-state index contributed by atoms with van der Waals surface area (Å²) in [5.41, 5.74) is 7.30. The molecule has 0 aliphatic carbocycles. The van der Waals surface area contributed by atoms with Crippen LogP contribution < -0.4 is 15.8 Å². The first kappa shape index (κ1) is 14.6. The number of thiazole rings is 1. The smallest absolute Gasteiger partial charge is 0.257 e. The normalized spacial score (nSPS) is 10.6. The molecule has 0 radical (unpaired) electrons.